The van der Waals surface area contributed by atoms with Crippen LogP contribution in [0.3, 0.4) is 0 Å². The van der Waals surface area contributed by atoms with Crippen molar-refractivity contribution in [3.63, 3.8) is 0 Å². The summed E-state index contributed by atoms with van der Waals surface area (Å²) in [4.78, 5) is 14.7. The van der Waals surface area contributed by atoms with Crippen molar-refractivity contribution in [2.24, 2.45) is 11.3 Å². The second-order valence-corrected chi connectivity index (χ2v) is 6.87. The molecule has 1 N–H and O–H groups in total. The van der Waals surface area contributed by atoms with Crippen molar-refractivity contribution < 1.29 is 4.79 Å². The number of carbonyl (C=O) groups excluding carboxylic acids is 1. The molecule has 1 aliphatic heterocycles. The maximum atomic E-state index is 12.1. The average molecular weight is 286 g/mol. The van der Waals surface area contributed by atoms with E-state index in [0.29, 0.717) is 0 Å². The molecule has 1 aromatic carbocycles. The number of carbonyl (C=O) groups is 1. The van der Waals surface area contributed by atoms with Crippen molar-refractivity contribution in [2.75, 3.05) is 20.1 Å². The van der Waals surface area contributed by atoms with E-state index in [2.05, 4.69) is 41.4 Å². The van der Waals surface area contributed by atoms with Crippen LogP contribution in [0.5, 0.6) is 0 Å². The second kappa shape index (κ2) is 5.80. The van der Waals surface area contributed by atoms with Crippen molar-refractivity contribution in [2.45, 2.75) is 39.2 Å². The van der Waals surface area contributed by atoms with Crippen LogP contribution in [0.1, 0.15) is 36.8 Å². The van der Waals surface area contributed by atoms with Crippen LogP contribution in [0, 0.1) is 18.3 Å². The first-order valence-corrected chi connectivity index (χ1v) is 8.12. The number of hydrogen-bond acceptors (Lipinski definition) is 2. The van der Waals surface area contributed by atoms with Crippen molar-refractivity contribution in [1.82, 2.24) is 10.2 Å². The number of likely N-dealkylation sites (tertiary alicyclic amines) is 1. The molecule has 1 spiro atoms. The molecular formula is C18H26N2O. The summed E-state index contributed by atoms with van der Waals surface area (Å²) in [6.45, 7) is 5.35. The van der Waals surface area contributed by atoms with Gasteiger partial charge in [-0.3, -0.25) is 9.69 Å². The maximum Gasteiger partial charge on any atom is 0.223 e. The van der Waals surface area contributed by atoms with Crippen LogP contribution in [0.25, 0.3) is 0 Å². The first kappa shape index (κ1) is 14.6. The Morgan fingerprint density at radius 1 is 1.33 bits per heavy atom. The molecule has 3 nitrogen and oxygen atoms in total. The van der Waals surface area contributed by atoms with Crippen molar-refractivity contribution >= 4 is 5.91 Å². The fourth-order valence-corrected chi connectivity index (χ4v) is 4.28. The molecule has 114 valence electrons. The van der Waals surface area contributed by atoms with Gasteiger partial charge in [0.05, 0.1) is 0 Å². The zero-order chi connectivity index (χ0) is 14.9. The number of aryl methyl sites for hydroxylation is 1. The first-order chi connectivity index (χ1) is 10.1. The molecule has 0 unspecified atom stereocenters. The summed E-state index contributed by atoms with van der Waals surface area (Å²) in [6.07, 6.45) is 4.67. The van der Waals surface area contributed by atoms with E-state index in [9.17, 15) is 4.79 Å². The third kappa shape index (κ3) is 2.84. The minimum Gasteiger partial charge on any atom is -0.359 e. The monoisotopic (exact) mass is 286 g/mol. The SMILES string of the molecule is CNC(=O)[C@H]1CCC[C@]12CCN(Cc1ccc(C)cc1)C2. The van der Waals surface area contributed by atoms with Crippen molar-refractivity contribution in [3.05, 3.63) is 35.4 Å². The fraction of sp³-hybridized carbons (Fsp3) is 0.611. The van der Waals surface area contributed by atoms with Crippen molar-refractivity contribution in [1.29, 1.82) is 0 Å². The Bertz CT molecular complexity index is 510. The van der Waals surface area contributed by atoms with E-state index in [1.165, 1.54) is 30.4 Å². The zero-order valence-electron chi connectivity index (χ0n) is 13.2. The van der Waals surface area contributed by atoms with Gasteiger partial charge in [-0.25, -0.2) is 0 Å². The van der Waals surface area contributed by atoms with Crippen LogP contribution < -0.4 is 5.32 Å². The van der Waals surface area contributed by atoms with Crippen LogP contribution in [0.4, 0.5) is 0 Å². The molecule has 0 radical (unpaired) electrons. The molecule has 1 aromatic rings. The summed E-state index contributed by atoms with van der Waals surface area (Å²) in [5.41, 5.74) is 2.93. The van der Waals surface area contributed by atoms with E-state index in [4.69, 9.17) is 0 Å². The van der Waals surface area contributed by atoms with Gasteiger partial charge in [-0.1, -0.05) is 36.2 Å². The highest BCUT2D eigenvalue weighted by Gasteiger charge is 2.49. The minimum atomic E-state index is 0.227. The lowest BCUT2D eigenvalue weighted by Gasteiger charge is -2.30. The molecule has 1 aliphatic carbocycles. The van der Waals surface area contributed by atoms with Crippen LogP contribution in [0.2, 0.25) is 0 Å². The van der Waals surface area contributed by atoms with Crippen LogP contribution in [0.15, 0.2) is 24.3 Å². The predicted octanol–water partition coefficient (Wildman–Crippen LogP) is 2.73. The lowest BCUT2D eigenvalue weighted by atomic mass is 9.76. The van der Waals surface area contributed by atoms with Crippen LogP contribution in [-0.4, -0.2) is 30.9 Å². The highest BCUT2D eigenvalue weighted by atomic mass is 16.1. The van der Waals surface area contributed by atoms with Gasteiger partial charge in [0, 0.05) is 26.1 Å². The van der Waals surface area contributed by atoms with E-state index < -0.39 is 0 Å². The van der Waals surface area contributed by atoms with Gasteiger partial charge in [0.25, 0.3) is 0 Å². The van der Waals surface area contributed by atoms with Gasteiger partial charge in [0.1, 0.15) is 0 Å². The number of hydrogen-bond donors (Lipinski definition) is 1. The first-order valence-electron chi connectivity index (χ1n) is 8.12. The number of benzene rings is 1. The number of nitrogens with one attached hydrogen (secondary N) is 1. The normalized spacial score (nSPS) is 29.1. The molecular weight excluding hydrogens is 260 g/mol. The van der Waals surface area contributed by atoms with Gasteiger partial charge in [-0.15, -0.1) is 0 Å². The molecule has 2 fully saturated rings. The summed E-state index contributed by atoms with van der Waals surface area (Å²) in [7, 11) is 1.77. The fourth-order valence-electron chi connectivity index (χ4n) is 4.28. The Balaban J connectivity index is 1.67. The van der Waals surface area contributed by atoms with E-state index in [-0.39, 0.29) is 17.2 Å². The van der Waals surface area contributed by atoms with E-state index in [0.717, 1.165) is 26.1 Å². The standard InChI is InChI=1S/C18H26N2O/c1-14-5-7-15(8-6-14)12-20-11-10-18(13-20)9-3-4-16(18)17(21)19-2/h5-8,16H,3-4,9-13H2,1-2H3,(H,19,21)/t16-,18-/m1/s1. The Morgan fingerprint density at radius 3 is 2.81 bits per heavy atom. The van der Waals surface area contributed by atoms with Gasteiger partial charge in [-0.2, -0.15) is 0 Å². The van der Waals surface area contributed by atoms with E-state index in [1.807, 2.05) is 0 Å². The topological polar surface area (TPSA) is 32.3 Å². The minimum absolute atomic E-state index is 0.227. The Hall–Kier alpha value is -1.35. The Kier molecular flexibility index (Phi) is 4.03. The quantitative estimate of drug-likeness (QED) is 0.926. The van der Waals surface area contributed by atoms with Crippen molar-refractivity contribution in [3.8, 4) is 0 Å². The third-order valence-electron chi connectivity index (χ3n) is 5.46. The summed E-state index contributed by atoms with van der Waals surface area (Å²) in [5, 5.41) is 2.87. The maximum absolute atomic E-state index is 12.1. The van der Waals surface area contributed by atoms with Gasteiger partial charge in [-0.05, 0) is 43.7 Å². The van der Waals surface area contributed by atoms with Gasteiger partial charge >= 0.3 is 0 Å². The molecule has 1 saturated heterocycles. The summed E-state index contributed by atoms with van der Waals surface area (Å²) in [5.74, 6) is 0.482. The Labute approximate surface area is 127 Å². The summed E-state index contributed by atoms with van der Waals surface area (Å²) in [6, 6.07) is 8.82. The zero-order valence-corrected chi connectivity index (χ0v) is 13.2. The molecule has 3 heteroatoms. The number of rotatable bonds is 3. The highest BCUT2D eigenvalue weighted by Crippen LogP contribution is 2.50. The molecule has 0 bridgehead atoms. The molecule has 3 rings (SSSR count). The molecule has 1 saturated carbocycles. The van der Waals surface area contributed by atoms with Crippen LogP contribution in [-0.2, 0) is 11.3 Å². The van der Waals surface area contributed by atoms with Gasteiger partial charge in [0.2, 0.25) is 5.91 Å². The predicted molar refractivity (Wildman–Crippen MR) is 84.9 cm³/mol. The molecule has 21 heavy (non-hydrogen) atoms. The highest BCUT2D eigenvalue weighted by molar-refractivity contribution is 5.79. The molecule has 0 aromatic heterocycles. The van der Waals surface area contributed by atoms with E-state index in [1.54, 1.807) is 7.05 Å². The van der Waals surface area contributed by atoms with Gasteiger partial charge < -0.3 is 5.32 Å². The number of nitrogens with zero attached hydrogens (tertiary/aromatic N) is 1. The van der Waals surface area contributed by atoms with Gasteiger partial charge in [0.15, 0.2) is 0 Å². The smallest absolute Gasteiger partial charge is 0.223 e. The lowest BCUT2D eigenvalue weighted by Crippen LogP contribution is -2.39. The molecule has 2 atom stereocenters. The Morgan fingerprint density at radius 2 is 2.10 bits per heavy atom. The largest absolute Gasteiger partial charge is 0.359 e. The lowest BCUT2D eigenvalue weighted by molar-refractivity contribution is -0.127. The van der Waals surface area contributed by atoms with Crippen LogP contribution >= 0.6 is 0 Å². The molecule has 2 aliphatic rings. The number of amides is 1. The summed E-state index contributed by atoms with van der Waals surface area (Å²) >= 11 is 0. The third-order valence-corrected chi connectivity index (χ3v) is 5.46. The second-order valence-electron chi connectivity index (χ2n) is 6.87. The average Bonchev–Trinajstić information content (AvgIpc) is 3.08. The molecule has 1 heterocycles. The summed E-state index contributed by atoms with van der Waals surface area (Å²) < 4.78 is 0. The molecule has 1 amide bonds. The van der Waals surface area contributed by atoms with E-state index >= 15 is 0 Å².